The van der Waals surface area contributed by atoms with Gasteiger partial charge in [0.25, 0.3) is 0 Å². The van der Waals surface area contributed by atoms with Crippen LogP contribution in [0.3, 0.4) is 0 Å². The molecule has 1 aliphatic heterocycles. The largest absolute Gasteiger partial charge is 0.374 e. The summed E-state index contributed by atoms with van der Waals surface area (Å²) in [5, 5.41) is 5.29. The molecule has 0 aliphatic carbocycles. The highest BCUT2D eigenvalue weighted by atomic mass is 32.3. The van der Waals surface area contributed by atoms with Crippen molar-refractivity contribution in [1.29, 1.82) is 0 Å². The van der Waals surface area contributed by atoms with E-state index in [2.05, 4.69) is 10.6 Å². The number of hydrogen-bond acceptors (Lipinski definition) is 4. The van der Waals surface area contributed by atoms with E-state index in [1.165, 1.54) is 12.1 Å². The van der Waals surface area contributed by atoms with Gasteiger partial charge in [0.15, 0.2) is 0 Å². The van der Waals surface area contributed by atoms with E-state index in [9.17, 15) is 21.0 Å². The van der Waals surface area contributed by atoms with E-state index >= 15 is 0 Å². The van der Waals surface area contributed by atoms with E-state index < -0.39 is 16.4 Å². The Bertz CT molecular complexity index is 617. The topological polar surface area (TPSA) is 78.5 Å². The van der Waals surface area contributed by atoms with Crippen LogP contribution in [-0.2, 0) is 10.4 Å². The highest BCUT2D eigenvalue weighted by Crippen LogP contribution is 2.20. The molecule has 2 rings (SSSR count). The monoisotopic (exact) mass is 351 g/mol. The van der Waals surface area contributed by atoms with Gasteiger partial charge in [-0.2, -0.15) is 16.6 Å². The lowest BCUT2D eigenvalue weighted by atomic mass is 10.1. The van der Waals surface area contributed by atoms with Crippen molar-refractivity contribution in [3.05, 3.63) is 24.3 Å². The number of urea groups is 1. The number of amides is 2. The van der Waals surface area contributed by atoms with Crippen LogP contribution in [0.1, 0.15) is 12.8 Å². The van der Waals surface area contributed by atoms with Gasteiger partial charge < -0.3 is 10.6 Å². The third-order valence-corrected chi connectivity index (χ3v) is 4.73. The number of carbonyl (C=O) groups excluding carboxylic acids is 1. The van der Waals surface area contributed by atoms with Crippen molar-refractivity contribution in [2.24, 2.45) is 0 Å². The molecular formula is C12H15F2N3O3S2. The van der Waals surface area contributed by atoms with E-state index in [0.29, 0.717) is 23.4 Å². The Morgan fingerprint density at radius 1 is 1.23 bits per heavy atom. The van der Waals surface area contributed by atoms with E-state index in [1.807, 2.05) is 0 Å². The Morgan fingerprint density at radius 2 is 1.82 bits per heavy atom. The first-order valence-electron chi connectivity index (χ1n) is 6.54. The molecule has 0 saturated carbocycles. The van der Waals surface area contributed by atoms with Crippen LogP contribution >= 0.6 is 12.1 Å². The molecule has 22 heavy (non-hydrogen) atoms. The Hall–Kier alpha value is -1.39. The molecule has 2 amide bonds. The molecule has 1 aromatic rings. The molecule has 0 spiro atoms. The SMILES string of the molecule is O=C(Nc1ccc(SF)cc1)NC1CCN(S(=O)(=O)F)CC1. The highest BCUT2D eigenvalue weighted by molar-refractivity contribution is 7.94. The second kappa shape index (κ2) is 7.25. The summed E-state index contributed by atoms with van der Waals surface area (Å²) < 4.78 is 47.3. The molecule has 0 unspecified atom stereocenters. The van der Waals surface area contributed by atoms with Crippen molar-refractivity contribution in [2.75, 3.05) is 18.4 Å². The number of nitrogens with zero attached hydrogens (tertiary/aromatic N) is 1. The molecule has 1 saturated heterocycles. The molecule has 0 atom stereocenters. The Balaban J connectivity index is 1.80. The molecule has 1 aromatic carbocycles. The molecular weight excluding hydrogens is 336 g/mol. The molecule has 122 valence electrons. The van der Waals surface area contributed by atoms with Gasteiger partial charge in [0.1, 0.15) is 0 Å². The highest BCUT2D eigenvalue weighted by Gasteiger charge is 2.28. The lowest BCUT2D eigenvalue weighted by Gasteiger charge is -2.29. The van der Waals surface area contributed by atoms with Crippen LogP contribution in [0.15, 0.2) is 29.2 Å². The fourth-order valence-electron chi connectivity index (χ4n) is 2.16. The minimum absolute atomic E-state index is 0.0339. The van der Waals surface area contributed by atoms with Gasteiger partial charge in [-0.25, -0.2) is 4.79 Å². The predicted octanol–water partition coefficient (Wildman–Crippen LogP) is 2.46. The molecule has 0 aromatic heterocycles. The van der Waals surface area contributed by atoms with Crippen LogP contribution in [0.5, 0.6) is 0 Å². The zero-order valence-electron chi connectivity index (χ0n) is 11.5. The van der Waals surface area contributed by atoms with Crippen LogP contribution in [0.2, 0.25) is 0 Å². The molecule has 2 N–H and O–H groups in total. The van der Waals surface area contributed by atoms with E-state index in [0.717, 1.165) is 4.31 Å². The predicted molar refractivity (Wildman–Crippen MR) is 80.2 cm³/mol. The lowest BCUT2D eigenvalue weighted by molar-refractivity contribution is 0.237. The molecule has 10 heteroatoms. The quantitative estimate of drug-likeness (QED) is 0.817. The summed E-state index contributed by atoms with van der Waals surface area (Å²) in [6.45, 7) is 0.0679. The number of rotatable bonds is 4. The number of nitrogens with one attached hydrogen (secondary N) is 2. The molecule has 1 aliphatic rings. The summed E-state index contributed by atoms with van der Waals surface area (Å²) in [7, 11) is -4.66. The average molecular weight is 351 g/mol. The summed E-state index contributed by atoms with van der Waals surface area (Å²) in [6, 6.07) is 5.54. The summed E-state index contributed by atoms with van der Waals surface area (Å²) in [4.78, 5) is 12.2. The maximum Gasteiger partial charge on any atom is 0.374 e. The van der Waals surface area contributed by atoms with Crippen LogP contribution in [-0.4, -0.2) is 37.9 Å². The zero-order valence-corrected chi connectivity index (χ0v) is 13.1. The van der Waals surface area contributed by atoms with Gasteiger partial charge in [-0.3, -0.25) is 0 Å². The van der Waals surface area contributed by atoms with Gasteiger partial charge >= 0.3 is 16.4 Å². The first-order valence-corrected chi connectivity index (χ1v) is 8.60. The molecule has 6 nitrogen and oxygen atoms in total. The second-order valence-corrected chi connectivity index (χ2v) is 6.78. The fraction of sp³-hybridized carbons (Fsp3) is 0.417. The Labute approximate surface area is 131 Å². The smallest absolute Gasteiger partial charge is 0.335 e. The standard InChI is InChI=1S/C12H15F2N3O3S2/c13-21-11-3-1-9(2-4-11)15-12(18)16-10-5-7-17(8-6-10)22(14,19)20/h1-4,10H,5-8H2,(H2,15,16,18). The third-order valence-electron chi connectivity index (χ3n) is 3.30. The van der Waals surface area contributed by atoms with Gasteiger partial charge in [-0.15, -0.1) is 0 Å². The van der Waals surface area contributed by atoms with Crippen molar-refractivity contribution in [2.45, 2.75) is 23.8 Å². The summed E-state index contributed by atoms with van der Waals surface area (Å²) >= 11 is 0.114. The molecule has 0 bridgehead atoms. The lowest BCUT2D eigenvalue weighted by Crippen LogP contribution is -2.46. The summed E-state index contributed by atoms with van der Waals surface area (Å²) in [5.41, 5.74) is 0.513. The number of carbonyl (C=O) groups is 1. The maximum absolute atomic E-state index is 12.8. The van der Waals surface area contributed by atoms with Gasteiger partial charge in [-0.1, -0.05) is 3.89 Å². The van der Waals surface area contributed by atoms with E-state index in [4.69, 9.17) is 0 Å². The van der Waals surface area contributed by atoms with Crippen molar-refractivity contribution < 1.29 is 21.0 Å². The van der Waals surface area contributed by atoms with Gasteiger partial charge in [0, 0.05) is 29.7 Å². The number of benzene rings is 1. The van der Waals surface area contributed by atoms with Gasteiger partial charge in [-0.05, 0) is 37.1 Å². The number of hydrogen-bond donors (Lipinski definition) is 2. The Morgan fingerprint density at radius 3 is 2.32 bits per heavy atom. The number of piperidine rings is 1. The maximum atomic E-state index is 12.8. The van der Waals surface area contributed by atoms with Gasteiger partial charge in [0.2, 0.25) is 0 Å². The zero-order chi connectivity index (χ0) is 16.2. The minimum Gasteiger partial charge on any atom is -0.335 e. The van der Waals surface area contributed by atoms with Crippen molar-refractivity contribution >= 4 is 34.3 Å². The molecule has 0 radical (unpaired) electrons. The number of anilines is 1. The second-order valence-electron chi connectivity index (χ2n) is 4.82. The van der Waals surface area contributed by atoms with Crippen LogP contribution in [0, 0.1) is 0 Å². The minimum atomic E-state index is -4.66. The summed E-state index contributed by atoms with van der Waals surface area (Å²) in [6.07, 6.45) is 0.683. The van der Waals surface area contributed by atoms with E-state index in [1.54, 1.807) is 12.1 Å². The molecule has 1 heterocycles. The summed E-state index contributed by atoms with van der Waals surface area (Å²) in [5.74, 6) is 0. The first kappa shape index (κ1) is 17.0. The Kier molecular flexibility index (Phi) is 5.59. The van der Waals surface area contributed by atoms with Crippen molar-refractivity contribution in [3.8, 4) is 0 Å². The molecule has 1 fully saturated rings. The van der Waals surface area contributed by atoms with Crippen molar-refractivity contribution in [1.82, 2.24) is 9.62 Å². The fourth-order valence-corrected chi connectivity index (χ4v) is 3.05. The normalized spacial score (nSPS) is 17.2. The average Bonchev–Trinajstić information content (AvgIpc) is 2.47. The first-order chi connectivity index (χ1) is 10.4. The van der Waals surface area contributed by atoms with E-state index in [-0.39, 0.29) is 31.3 Å². The van der Waals surface area contributed by atoms with Crippen LogP contribution in [0.4, 0.5) is 18.3 Å². The van der Waals surface area contributed by atoms with Crippen LogP contribution in [0.25, 0.3) is 0 Å². The van der Waals surface area contributed by atoms with Crippen LogP contribution < -0.4 is 10.6 Å². The number of halogens is 2. The van der Waals surface area contributed by atoms with Crippen molar-refractivity contribution in [3.63, 3.8) is 0 Å². The van der Waals surface area contributed by atoms with Gasteiger partial charge in [0.05, 0.1) is 12.1 Å². The third kappa shape index (κ3) is 4.82.